The van der Waals surface area contributed by atoms with Gasteiger partial charge in [0, 0.05) is 33.1 Å². The van der Waals surface area contributed by atoms with Crippen molar-refractivity contribution in [1.29, 1.82) is 0 Å². The number of rotatable bonds is 7. The molecule has 7 heteroatoms. The number of nitrogens with zero attached hydrogens (tertiary/aromatic N) is 3. The Bertz CT molecular complexity index is 451. The average Bonchev–Trinajstić information content (AvgIpc) is 2.90. The summed E-state index contributed by atoms with van der Waals surface area (Å²) in [5.41, 5.74) is 1.05. The molecule has 0 aliphatic rings. The lowest BCUT2D eigenvalue weighted by atomic mass is 10.1. The summed E-state index contributed by atoms with van der Waals surface area (Å²) in [6, 6.07) is 0. The van der Waals surface area contributed by atoms with Crippen molar-refractivity contribution in [2.45, 2.75) is 39.8 Å². The second-order valence-corrected chi connectivity index (χ2v) is 6.46. The first-order chi connectivity index (χ1) is 9.97. The zero-order valence-corrected chi connectivity index (χ0v) is 17.6. The lowest BCUT2D eigenvalue weighted by Gasteiger charge is -2.21. The summed E-state index contributed by atoms with van der Waals surface area (Å²) >= 11 is 1.64. The first-order valence-electron chi connectivity index (χ1n) is 7.36. The molecule has 1 atom stereocenters. The van der Waals surface area contributed by atoms with E-state index in [-0.39, 0.29) is 30.1 Å². The number of guanidine groups is 1. The zero-order chi connectivity index (χ0) is 15.8. The molecule has 1 rings (SSSR count). The van der Waals surface area contributed by atoms with E-state index in [1.54, 1.807) is 18.4 Å². The largest absolute Gasteiger partial charge is 0.375 e. The smallest absolute Gasteiger partial charge is 0.193 e. The Balaban J connectivity index is 0.00000441. The molecule has 0 aliphatic carbocycles. The fraction of sp³-hybridized carbons (Fsp3) is 0.733. The molecule has 128 valence electrons. The van der Waals surface area contributed by atoms with Crippen molar-refractivity contribution in [2.24, 2.45) is 10.9 Å². The molecule has 0 saturated carbocycles. The predicted molar refractivity (Wildman–Crippen MR) is 105 cm³/mol. The molecule has 0 fully saturated rings. The van der Waals surface area contributed by atoms with Crippen molar-refractivity contribution in [3.8, 4) is 0 Å². The summed E-state index contributed by atoms with van der Waals surface area (Å²) in [6.07, 6.45) is 1.19. The van der Waals surface area contributed by atoms with Gasteiger partial charge >= 0.3 is 0 Å². The Labute approximate surface area is 155 Å². The van der Waals surface area contributed by atoms with Gasteiger partial charge in [0.15, 0.2) is 5.96 Å². The van der Waals surface area contributed by atoms with E-state index in [4.69, 9.17) is 4.74 Å². The summed E-state index contributed by atoms with van der Waals surface area (Å²) in [4.78, 5) is 11.0. The standard InChI is InChI=1S/C15H28N4OS.HI/c1-11(2)7-8-17-15(16-4)19(5)9-13-10-21-14(18-13)12(3)20-6;/h10-12H,7-9H2,1-6H3,(H,16,17);1H. The maximum absolute atomic E-state index is 5.30. The number of ether oxygens (including phenoxy) is 1. The fourth-order valence-electron chi connectivity index (χ4n) is 1.86. The number of aliphatic imine (C=N–C) groups is 1. The normalized spacial score (nSPS) is 13.0. The van der Waals surface area contributed by atoms with E-state index in [1.807, 2.05) is 21.0 Å². The van der Waals surface area contributed by atoms with E-state index in [0.29, 0.717) is 5.92 Å². The Kier molecular flexibility index (Phi) is 11.0. The molecule has 1 unspecified atom stereocenters. The van der Waals surface area contributed by atoms with E-state index < -0.39 is 0 Å². The molecule has 5 nitrogen and oxygen atoms in total. The molecule has 1 aromatic heterocycles. The molecule has 0 aliphatic heterocycles. The molecular formula is C15H29IN4OS. The Morgan fingerprint density at radius 2 is 2.14 bits per heavy atom. The van der Waals surface area contributed by atoms with Crippen molar-refractivity contribution in [1.82, 2.24) is 15.2 Å². The fourth-order valence-corrected chi connectivity index (χ4v) is 2.70. The number of aromatic nitrogens is 1. The lowest BCUT2D eigenvalue weighted by molar-refractivity contribution is 0.119. The minimum atomic E-state index is 0. The highest BCUT2D eigenvalue weighted by Gasteiger charge is 2.12. The van der Waals surface area contributed by atoms with E-state index >= 15 is 0 Å². The van der Waals surface area contributed by atoms with Gasteiger partial charge in [-0.2, -0.15) is 0 Å². The van der Waals surface area contributed by atoms with Crippen LogP contribution in [0.15, 0.2) is 10.4 Å². The van der Waals surface area contributed by atoms with E-state index in [9.17, 15) is 0 Å². The summed E-state index contributed by atoms with van der Waals surface area (Å²) in [6.45, 7) is 8.15. The number of thiazole rings is 1. The third-order valence-electron chi connectivity index (χ3n) is 3.25. The van der Waals surface area contributed by atoms with Crippen LogP contribution in [0.5, 0.6) is 0 Å². The maximum atomic E-state index is 5.30. The third kappa shape index (κ3) is 7.23. The molecule has 0 bridgehead atoms. The summed E-state index contributed by atoms with van der Waals surface area (Å²) in [7, 11) is 5.55. The van der Waals surface area contributed by atoms with Gasteiger partial charge in [-0.25, -0.2) is 4.98 Å². The topological polar surface area (TPSA) is 49.8 Å². The van der Waals surface area contributed by atoms with Gasteiger partial charge in [-0.05, 0) is 19.3 Å². The number of methoxy groups -OCH3 is 1. The van der Waals surface area contributed by atoms with Crippen LogP contribution in [0.25, 0.3) is 0 Å². The minimum absolute atomic E-state index is 0. The quantitative estimate of drug-likeness (QED) is 0.401. The van der Waals surface area contributed by atoms with Gasteiger partial charge in [-0.3, -0.25) is 4.99 Å². The molecule has 0 radical (unpaired) electrons. The van der Waals surface area contributed by atoms with Crippen molar-refractivity contribution >= 4 is 41.3 Å². The molecule has 0 saturated heterocycles. The van der Waals surface area contributed by atoms with Gasteiger partial charge in [0.25, 0.3) is 0 Å². The van der Waals surface area contributed by atoms with Gasteiger partial charge in [-0.1, -0.05) is 13.8 Å². The lowest BCUT2D eigenvalue weighted by Crippen LogP contribution is -2.39. The average molecular weight is 440 g/mol. The number of halogens is 1. The maximum Gasteiger partial charge on any atom is 0.193 e. The van der Waals surface area contributed by atoms with Gasteiger partial charge in [0.05, 0.1) is 12.2 Å². The van der Waals surface area contributed by atoms with Crippen LogP contribution in [0.3, 0.4) is 0 Å². The monoisotopic (exact) mass is 440 g/mol. The van der Waals surface area contributed by atoms with Crippen molar-refractivity contribution in [3.63, 3.8) is 0 Å². The van der Waals surface area contributed by atoms with Gasteiger partial charge in [0.2, 0.25) is 0 Å². The number of hydrogen-bond acceptors (Lipinski definition) is 4. The highest BCUT2D eigenvalue weighted by molar-refractivity contribution is 14.0. The van der Waals surface area contributed by atoms with Crippen LogP contribution in [-0.4, -0.2) is 43.6 Å². The predicted octanol–water partition coefficient (Wildman–Crippen LogP) is 3.52. The molecule has 0 amide bonds. The van der Waals surface area contributed by atoms with Crippen LogP contribution in [-0.2, 0) is 11.3 Å². The van der Waals surface area contributed by atoms with Crippen LogP contribution < -0.4 is 5.32 Å². The van der Waals surface area contributed by atoms with E-state index in [2.05, 4.69) is 39.4 Å². The summed E-state index contributed by atoms with van der Waals surface area (Å²) in [5.74, 6) is 1.60. The first kappa shape index (κ1) is 21.6. The van der Waals surface area contributed by atoms with Crippen molar-refractivity contribution < 1.29 is 4.74 Å². The molecule has 1 heterocycles. The van der Waals surface area contributed by atoms with Gasteiger partial charge in [0.1, 0.15) is 11.1 Å². The van der Waals surface area contributed by atoms with Crippen LogP contribution in [0.1, 0.15) is 44.0 Å². The Hall–Kier alpha value is -0.410. The van der Waals surface area contributed by atoms with E-state index in [1.165, 1.54) is 0 Å². The highest BCUT2D eigenvalue weighted by atomic mass is 127. The van der Waals surface area contributed by atoms with Gasteiger partial charge in [-0.15, -0.1) is 35.3 Å². The SMILES string of the molecule is CN=C(NCCC(C)C)N(C)Cc1csc(C(C)OC)n1.I. The first-order valence-corrected chi connectivity index (χ1v) is 8.24. The summed E-state index contributed by atoms with van der Waals surface area (Å²) < 4.78 is 5.30. The van der Waals surface area contributed by atoms with Crippen molar-refractivity contribution in [3.05, 3.63) is 16.1 Å². The summed E-state index contributed by atoms with van der Waals surface area (Å²) in [5, 5.41) is 6.49. The van der Waals surface area contributed by atoms with Gasteiger partial charge < -0.3 is 15.0 Å². The number of nitrogens with one attached hydrogen (secondary N) is 1. The van der Waals surface area contributed by atoms with Crippen LogP contribution >= 0.6 is 35.3 Å². The van der Waals surface area contributed by atoms with Crippen molar-refractivity contribution in [2.75, 3.05) is 27.7 Å². The Morgan fingerprint density at radius 3 is 2.68 bits per heavy atom. The van der Waals surface area contributed by atoms with Crippen LogP contribution in [0.2, 0.25) is 0 Å². The molecule has 0 spiro atoms. The van der Waals surface area contributed by atoms with E-state index in [0.717, 1.165) is 36.2 Å². The molecule has 0 aromatic carbocycles. The molecule has 22 heavy (non-hydrogen) atoms. The highest BCUT2D eigenvalue weighted by Crippen LogP contribution is 2.20. The van der Waals surface area contributed by atoms with Crippen LogP contribution in [0, 0.1) is 5.92 Å². The zero-order valence-electron chi connectivity index (χ0n) is 14.4. The number of hydrogen-bond donors (Lipinski definition) is 1. The molecular weight excluding hydrogens is 411 g/mol. The second kappa shape index (κ2) is 11.2. The molecule has 1 N–H and O–H groups in total. The second-order valence-electron chi connectivity index (χ2n) is 5.57. The Morgan fingerprint density at radius 1 is 1.45 bits per heavy atom. The molecule has 1 aromatic rings. The third-order valence-corrected chi connectivity index (χ3v) is 4.30. The van der Waals surface area contributed by atoms with Crippen LogP contribution in [0.4, 0.5) is 0 Å². The minimum Gasteiger partial charge on any atom is -0.375 e.